The number of esters is 1. The van der Waals surface area contributed by atoms with Crippen LogP contribution in [-0.4, -0.2) is 47.8 Å². The van der Waals surface area contributed by atoms with Crippen molar-refractivity contribution < 1.29 is 23.9 Å². The van der Waals surface area contributed by atoms with E-state index in [2.05, 4.69) is 5.32 Å². The first-order chi connectivity index (χ1) is 13.9. The van der Waals surface area contributed by atoms with E-state index in [1.807, 2.05) is 26.0 Å². The Morgan fingerprint density at radius 2 is 1.69 bits per heavy atom. The monoisotopic (exact) mass is 396 g/mol. The molecule has 29 heavy (non-hydrogen) atoms. The van der Waals surface area contributed by atoms with E-state index in [9.17, 15) is 19.2 Å². The van der Waals surface area contributed by atoms with E-state index in [0.717, 1.165) is 11.8 Å². The number of rotatable bonds is 8. The second-order valence-electron chi connectivity index (χ2n) is 7.11. The molecule has 0 aliphatic carbocycles. The van der Waals surface area contributed by atoms with Crippen molar-refractivity contribution in [2.45, 2.75) is 39.2 Å². The zero-order valence-electron chi connectivity index (χ0n) is 16.6. The molecule has 0 fully saturated rings. The molecule has 0 radical (unpaired) electrons. The Hall–Kier alpha value is -3.22. The fourth-order valence-electron chi connectivity index (χ4n) is 3.30. The summed E-state index contributed by atoms with van der Waals surface area (Å²) in [5.41, 5.74) is 0.976. The van der Waals surface area contributed by atoms with Crippen LogP contribution in [0, 0.1) is 0 Å². The van der Waals surface area contributed by atoms with Gasteiger partial charge in [0.05, 0.1) is 0 Å². The zero-order valence-corrected chi connectivity index (χ0v) is 16.6. The van der Waals surface area contributed by atoms with Gasteiger partial charge in [-0.05, 0) is 37.3 Å². The molecular weight excluding hydrogens is 372 g/mol. The molecule has 2 aromatic rings. The van der Waals surface area contributed by atoms with E-state index in [1.165, 1.54) is 4.90 Å². The lowest BCUT2D eigenvalue weighted by Crippen LogP contribution is -2.41. The van der Waals surface area contributed by atoms with Gasteiger partial charge in [-0.25, -0.2) is 0 Å². The number of nitrogens with zero attached hydrogens (tertiary/aromatic N) is 1. The largest absolute Gasteiger partial charge is 0.456 e. The minimum absolute atomic E-state index is 0.0134. The van der Waals surface area contributed by atoms with E-state index < -0.39 is 5.97 Å². The Morgan fingerprint density at radius 1 is 1.07 bits per heavy atom. The van der Waals surface area contributed by atoms with E-state index in [0.29, 0.717) is 16.5 Å². The number of hydrogen-bond donors (Lipinski definition) is 1. The summed E-state index contributed by atoms with van der Waals surface area (Å²) in [6.45, 7) is 3.58. The third kappa shape index (κ3) is 4.45. The molecule has 1 N–H and O–H groups in total. The lowest BCUT2D eigenvalue weighted by molar-refractivity contribution is -0.148. The standard InChI is InChI=1S/C22H24N2O5/c1-3-14(2)23-18(25)13-29-19(26)11-6-12-24-21(27)16-9-4-7-15-8-5-10-17(20(15)16)22(24)28/h4-5,7-10,14H,3,6,11-13H2,1-2H3,(H,23,25)/t14-/m1/s1. The Bertz CT molecular complexity index is 918. The highest BCUT2D eigenvalue weighted by atomic mass is 16.5. The fourth-order valence-corrected chi connectivity index (χ4v) is 3.30. The van der Waals surface area contributed by atoms with Gasteiger partial charge in [-0.2, -0.15) is 0 Å². The van der Waals surface area contributed by atoms with E-state index in [4.69, 9.17) is 4.74 Å². The van der Waals surface area contributed by atoms with Crippen molar-refractivity contribution in [2.24, 2.45) is 0 Å². The number of hydrogen-bond acceptors (Lipinski definition) is 5. The summed E-state index contributed by atoms with van der Waals surface area (Å²) in [5, 5.41) is 4.23. The van der Waals surface area contributed by atoms with Crippen molar-refractivity contribution in [3.05, 3.63) is 47.5 Å². The maximum absolute atomic E-state index is 12.8. The normalized spacial score (nSPS) is 14.1. The Morgan fingerprint density at radius 3 is 2.28 bits per heavy atom. The van der Waals surface area contributed by atoms with Crippen molar-refractivity contribution in [1.29, 1.82) is 0 Å². The van der Waals surface area contributed by atoms with E-state index in [-0.39, 0.29) is 49.8 Å². The van der Waals surface area contributed by atoms with Gasteiger partial charge in [-0.1, -0.05) is 31.2 Å². The van der Waals surface area contributed by atoms with Crippen molar-refractivity contribution in [2.75, 3.05) is 13.2 Å². The summed E-state index contributed by atoms with van der Waals surface area (Å²) < 4.78 is 4.96. The van der Waals surface area contributed by atoms with Crippen LogP contribution in [-0.2, 0) is 14.3 Å². The van der Waals surface area contributed by atoms with Gasteiger partial charge in [0.15, 0.2) is 6.61 Å². The summed E-state index contributed by atoms with van der Waals surface area (Å²) in [7, 11) is 0. The Labute approximate surface area is 169 Å². The van der Waals surface area contributed by atoms with E-state index in [1.54, 1.807) is 24.3 Å². The SMILES string of the molecule is CC[C@@H](C)NC(=O)COC(=O)CCCN1C(=O)c2cccc3cccc(c23)C1=O. The summed E-state index contributed by atoms with van der Waals surface area (Å²) in [6, 6.07) is 10.7. The van der Waals surface area contributed by atoms with Crippen LogP contribution in [0.1, 0.15) is 53.8 Å². The molecule has 0 bridgehead atoms. The number of benzene rings is 2. The Balaban J connectivity index is 1.55. The third-order valence-electron chi connectivity index (χ3n) is 5.00. The molecule has 1 heterocycles. The molecule has 7 nitrogen and oxygen atoms in total. The molecule has 152 valence electrons. The second kappa shape index (κ2) is 8.86. The third-order valence-corrected chi connectivity index (χ3v) is 5.00. The maximum Gasteiger partial charge on any atom is 0.306 e. The van der Waals surface area contributed by atoms with Crippen LogP contribution in [0.5, 0.6) is 0 Å². The molecule has 0 spiro atoms. The minimum atomic E-state index is -0.538. The van der Waals surface area contributed by atoms with Gasteiger partial charge >= 0.3 is 5.97 Å². The van der Waals surface area contributed by atoms with Gasteiger partial charge in [0.2, 0.25) is 0 Å². The first-order valence-electron chi connectivity index (χ1n) is 9.75. The predicted octanol–water partition coefficient (Wildman–Crippen LogP) is 2.67. The number of carbonyl (C=O) groups excluding carboxylic acids is 4. The molecule has 1 aliphatic rings. The van der Waals surface area contributed by atoms with Crippen molar-refractivity contribution in [3.8, 4) is 0 Å². The molecular formula is C22H24N2O5. The smallest absolute Gasteiger partial charge is 0.306 e. The van der Waals surface area contributed by atoms with Crippen LogP contribution in [0.2, 0.25) is 0 Å². The van der Waals surface area contributed by atoms with Gasteiger partial charge in [-0.15, -0.1) is 0 Å². The van der Waals surface area contributed by atoms with Gasteiger partial charge in [0, 0.05) is 35.5 Å². The maximum atomic E-state index is 12.8. The van der Waals surface area contributed by atoms with Gasteiger partial charge < -0.3 is 10.1 Å². The van der Waals surface area contributed by atoms with Crippen LogP contribution in [0.4, 0.5) is 0 Å². The second-order valence-corrected chi connectivity index (χ2v) is 7.11. The molecule has 0 unspecified atom stereocenters. The number of amides is 3. The van der Waals surface area contributed by atoms with Gasteiger partial charge in [0.25, 0.3) is 17.7 Å². The molecule has 1 aliphatic heterocycles. The summed E-state index contributed by atoms with van der Waals surface area (Å²) >= 11 is 0. The summed E-state index contributed by atoms with van der Waals surface area (Å²) in [4.78, 5) is 50.2. The molecule has 0 saturated heterocycles. The van der Waals surface area contributed by atoms with Crippen LogP contribution >= 0.6 is 0 Å². The van der Waals surface area contributed by atoms with Crippen LogP contribution in [0.3, 0.4) is 0 Å². The molecule has 3 amide bonds. The van der Waals surface area contributed by atoms with Crippen molar-refractivity contribution in [3.63, 3.8) is 0 Å². The lowest BCUT2D eigenvalue weighted by atomic mass is 9.94. The molecule has 1 atom stereocenters. The predicted molar refractivity (Wildman–Crippen MR) is 107 cm³/mol. The average molecular weight is 396 g/mol. The van der Waals surface area contributed by atoms with Gasteiger partial charge in [0.1, 0.15) is 0 Å². The topological polar surface area (TPSA) is 92.8 Å². The molecule has 2 aromatic carbocycles. The highest BCUT2D eigenvalue weighted by Crippen LogP contribution is 2.30. The number of imide groups is 1. The summed E-state index contributed by atoms with van der Waals surface area (Å²) in [6.07, 6.45) is 1.06. The number of nitrogens with one attached hydrogen (secondary N) is 1. The number of carbonyl (C=O) groups is 4. The fraction of sp³-hybridized carbons (Fsp3) is 0.364. The number of ether oxygens (including phenoxy) is 1. The van der Waals surface area contributed by atoms with Gasteiger partial charge in [-0.3, -0.25) is 24.1 Å². The summed E-state index contributed by atoms with van der Waals surface area (Å²) in [5.74, 6) is -1.61. The minimum Gasteiger partial charge on any atom is -0.456 e. The zero-order chi connectivity index (χ0) is 21.0. The van der Waals surface area contributed by atoms with Crippen LogP contribution in [0.15, 0.2) is 36.4 Å². The lowest BCUT2D eigenvalue weighted by Gasteiger charge is -2.27. The first kappa shape index (κ1) is 20.5. The first-order valence-corrected chi connectivity index (χ1v) is 9.75. The highest BCUT2D eigenvalue weighted by Gasteiger charge is 2.32. The van der Waals surface area contributed by atoms with Crippen LogP contribution in [0.25, 0.3) is 10.8 Å². The molecule has 0 saturated carbocycles. The van der Waals surface area contributed by atoms with Crippen molar-refractivity contribution in [1.82, 2.24) is 10.2 Å². The van der Waals surface area contributed by atoms with Crippen molar-refractivity contribution >= 4 is 34.5 Å². The molecule has 3 rings (SSSR count). The van der Waals surface area contributed by atoms with E-state index >= 15 is 0 Å². The highest BCUT2D eigenvalue weighted by molar-refractivity contribution is 6.25. The quantitative estimate of drug-likeness (QED) is 0.547. The van der Waals surface area contributed by atoms with Crippen LogP contribution < -0.4 is 5.32 Å². The average Bonchev–Trinajstić information content (AvgIpc) is 2.72. The Kier molecular flexibility index (Phi) is 6.26. The molecule has 0 aromatic heterocycles. The molecule has 7 heteroatoms.